The van der Waals surface area contributed by atoms with Gasteiger partial charge in [-0.3, -0.25) is 15.0 Å². The Bertz CT molecular complexity index is 592. The van der Waals surface area contributed by atoms with E-state index >= 15 is 0 Å². The second-order valence-electron chi connectivity index (χ2n) is 6.27. The Labute approximate surface area is 137 Å². The van der Waals surface area contributed by atoms with Crippen LogP contribution in [0.4, 0.5) is 5.69 Å². The Morgan fingerprint density at radius 2 is 1.83 bits per heavy atom. The summed E-state index contributed by atoms with van der Waals surface area (Å²) in [5.41, 5.74) is 0.347. The number of hydrogen-bond donors (Lipinski definition) is 0. The van der Waals surface area contributed by atoms with E-state index in [1.165, 1.54) is 5.69 Å². The largest absolute Gasteiger partial charge is 0.369 e. The monoisotopic (exact) mass is 313 g/mol. The third-order valence-corrected chi connectivity index (χ3v) is 4.84. The molecule has 5 heteroatoms. The molecule has 23 heavy (non-hydrogen) atoms. The Balaban J connectivity index is 1.52. The van der Waals surface area contributed by atoms with Crippen LogP contribution in [0.5, 0.6) is 0 Å². The van der Waals surface area contributed by atoms with Crippen LogP contribution in [-0.4, -0.2) is 48.1 Å². The number of hydrogen-bond acceptors (Lipinski definition) is 4. The van der Waals surface area contributed by atoms with E-state index in [9.17, 15) is 10.1 Å². The summed E-state index contributed by atoms with van der Waals surface area (Å²) in [6.07, 6.45) is 8.43. The topological polar surface area (TPSA) is 49.6 Å². The minimum Gasteiger partial charge on any atom is -0.369 e. The van der Waals surface area contributed by atoms with Crippen LogP contribution < -0.4 is 4.90 Å². The molecule has 0 amide bonds. The van der Waals surface area contributed by atoms with Crippen molar-refractivity contribution in [1.29, 1.82) is 0 Å². The van der Waals surface area contributed by atoms with Gasteiger partial charge in [-0.1, -0.05) is 36.4 Å². The molecule has 1 fully saturated rings. The van der Waals surface area contributed by atoms with Gasteiger partial charge in [0.15, 0.2) is 0 Å². The molecular formula is C18H23N3O2. The predicted octanol–water partition coefficient (Wildman–Crippen LogP) is 2.73. The molecule has 1 atom stereocenters. The number of benzene rings is 1. The van der Waals surface area contributed by atoms with Crippen molar-refractivity contribution in [2.24, 2.45) is 0 Å². The molecule has 0 bridgehead atoms. The van der Waals surface area contributed by atoms with Gasteiger partial charge in [-0.25, -0.2) is 0 Å². The number of nitrogens with zero attached hydrogens (tertiary/aromatic N) is 3. The van der Waals surface area contributed by atoms with Crippen molar-refractivity contribution in [3.05, 3.63) is 64.8 Å². The van der Waals surface area contributed by atoms with Crippen molar-refractivity contribution < 1.29 is 4.92 Å². The second kappa shape index (κ2) is 6.96. The third-order valence-electron chi connectivity index (χ3n) is 4.84. The summed E-state index contributed by atoms with van der Waals surface area (Å²) < 4.78 is 0. The van der Waals surface area contributed by atoms with Gasteiger partial charge >= 0.3 is 0 Å². The fraction of sp³-hybridized carbons (Fsp3) is 0.444. The zero-order valence-corrected chi connectivity index (χ0v) is 13.3. The highest BCUT2D eigenvalue weighted by Crippen LogP contribution is 2.26. The summed E-state index contributed by atoms with van der Waals surface area (Å²) in [4.78, 5) is 16.1. The first-order valence-corrected chi connectivity index (χ1v) is 8.21. The average molecular weight is 313 g/mol. The van der Waals surface area contributed by atoms with Crippen molar-refractivity contribution in [2.45, 2.75) is 18.4 Å². The van der Waals surface area contributed by atoms with Gasteiger partial charge in [0, 0.05) is 56.2 Å². The van der Waals surface area contributed by atoms with E-state index < -0.39 is 5.54 Å². The highest BCUT2D eigenvalue weighted by atomic mass is 16.6. The molecule has 3 rings (SSSR count). The molecule has 0 spiro atoms. The molecular weight excluding hydrogens is 290 g/mol. The molecule has 1 aromatic carbocycles. The summed E-state index contributed by atoms with van der Waals surface area (Å²) >= 11 is 0. The van der Waals surface area contributed by atoms with Gasteiger partial charge in [0.05, 0.1) is 0 Å². The minimum atomic E-state index is -0.911. The summed E-state index contributed by atoms with van der Waals surface area (Å²) in [5, 5.41) is 11.5. The summed E-state index contributed by atoms with van der Waals surface area (Å²) in [6.45, 7) is 4.66. The molecule has 0 radical (unpaired) electrons. The number of rotatable bonds is 5. The lowest BCUT2D eigenvalue weighted by molar-refractivity contribution is -0.555. The van der Waals surface area contributed by atoms with E-state index in [4.69, 9.17) is 0 Å². The summed E-state index contributed by atoms with van der Waals surface area (Å²) in [7, 11) is 0. The molecule has 1 unspecified atom stereocenters. The number of allylic oxidation sites excluding steroid dienone is 2. The molecule has 122 valence electrons. The maximum atomic E-state index is 11.5. The van der Waals surface area contributed by atoms with E-state index in [1.54, 1.807) is 12.2 Å². The first-order valence-electron chi connectivity index (χ1n) is 8.21. The van der Waals surface area contributed by atoms with E-state index in [-0.39, 0.29) is 4.92 Å². The number of anilines is 1. The van der Waals surface area contributed by atoms with Gasteiger partial charge in [-0.15, -0.1) is 0 Å². The lowest BCUT2D eigenvalue weighted by Crippen LogP contribution is -2.48. The van der Waals surface area contributed by atoms with Crippen LogP contribution in [0.25, 0.3) is 0 Å². The Hall–Kier alpha value is -2.14. The van der Waals surface area contributed by atoms with Gasteiger partial charge in [-0.2, -0.15) is 0 Å². The van der Waals surface area contributed by atoms with Crippen molar-refractivity contribution in [3.63, 3.8) is 0 Å². The third kappa shape index (κ3) is 3.62. The predicted molar refractivity (Wildman–Crippen MR) is 92.3 cm³/mol. The SMILES string of the molecule is O=[N+]([O-])C1(CCN2CCN(c3ccccc3)CC2)C=CC=CC1. The zero-order chi connectivity index (χ0) is 16.1. The molecule has 1 saturated heterocycles. The zero-order valence-electron chi connectivity index (χ0n) is 13.3. The summed E-state index contributed by atoms with van der Waals surface area (Å²) in [5.74, 6) is 0. The van der Waals surface area contributed by atoms with Crippen LogP contribution >= 0.6 is 0 Å². The van der Waals surface area contributed by atoms with Crippen LogP contribution in [0.1, 0.15) is 12.8 Å². The van der Waals surface area contributed by atoms with Crippen molar-refractivity contribution >= 4 is 5.69 Å². The maximum Gasteiger partial charge on any atom is 0.245 e. The van der Waals surface area contributed by atoms with Gasteiger partial charge in [0.25, 0.3) is 0 Å². The van der Waals surface area contributed by atoms with Gasteiger partial charge in [0.1, 0.15) is 0 Å². The Morgan fingerprint density at radius 1 is 1.09 bits per heavy atom. The van der Waals surface area contributed by atoms with Gasteiger partial charge < -0.3 is 4.90 Å². The van der Waals surface area contributed by atoms with Crippen LogP contribution in [0, 0.1) is 10.1 Å². The van der Waals surface area contributed by atoms with Gasteiger partial charge in [-0.05, 0) is 18.2 Å². The lowest BCUT2D eigenvalue weighted by Gasteiger charge is -2.37. The maximum absolute atomic E-state index is 11.5. The van der Waals surface area contributed by atoms with E-state index in [0.717, 1.165) is 32.7 Å². The van der Waals surface area contributed by atoms with Crippen molar-refractivity contribution in [2.75, 3.05) is 37.6 Å². The van der Waals surface area contributed by atoms with Crippen LogP contribution in [0.15, 0.2) is 54.6 Å². The molecule has 1 aromatic rings. The standard InChI is InChI=1S/C18H23N3O2/c22-21(23)18(9-5-2-6-10-18)11-12-19-13-15-20(16-14-19)17-7-3-1-4-8-17/h1-9H,10-16H2. The van der Waals surface area contributed by atoms with Crippen LogP contribution in [0.2, 0.25) is 0 Å². The Kier molecular flexibility index (Phi) is 4.76. The van der Waals surface area contributed by atoms with Crippen LogP contribution in [-0.2, 0) is 0 Å². The van der Waals surface area contributed by atoms with E-state index in [1.807, 2.05) is 18.2 Å². The molecule has 0 N–H and O–H groups in total. The average Bonchev–Trinajstić information content (AvgIpc) is 2.62. The fourth-order valence-corrected chi connectivity index (χ4v) is 3.29. The summed E-state index contributed by atoms with van der Waals surface area (Å²) in [6, 6.07) is 10.4. The second-order valence-corrected chi connectivity index (χ2v) is 6.27. The lowest BCUT2D eigenvalue weighted by atomic mass is 9.88. The molecule has 0 saturated carbocycles. The smallest absolute Gasteiger partial charge is 0.245 e. The van der Waals surface area contributed by atoms with Crippen molar-refractivity contribution in [1.82, 2.24) is 4.90 Å². The number of para-hydroxylation sites is 1. The fourth-order valence-electron chi connectivity index (χ4n) is 3.29. The molecule has 5 nitrogen and oxygen atoms in total. The highest BCUT2D eigenvalue weighted by molar-refractivity contribution is 5.46. The van der Waals surface area contributed by atoms with Crippen molar-refractivity contribution in [3.8, 4) is 0 Å². The minimum absolute atomic E-state index is 0.118. The van der Waals surface area contributed by atoms with E-state index in [0.29, 0.717) is 12.8 Å². The Morgan fingerprint density at radius 3 is 2.43 bits per heavy atom. The first kappa shape index (κ1) is 15.7. The highest BCUT2D eigenvalue weighted by Gasteiger charge is 2.39. The molecule has 1 aliphatic carbocycles. The molecule has 0 aromatic heterocycles. The van der Waals surface area contributed by atoms with E-state index in [2.05, 4.69) is 34.1 Å². The molecule has 1 aliphatic heterocycles. The first-order chi connectivity index (χ1) is 11.2. The quantitative estimate of drug-likeness (QED) is 0.619. The number of nitro groups is 1. The molecule has 1 heterocycles. The molecule has 2 aliphatic rings. The van der Waals surface area contributed by atoms with Crippen LogP contribution in [0.3, 0.4) is 0 Å². The number of piperazine rings is 1. The normalized spacial score (nSPS) is 24.8. The van der Waals surface area contributed by atoms with Gasteiger partial charge in [0.2, 0.25) is 5.54 Å².